The SMILES string of the molecule is Cc1ccc(C(=O)Nc2cccc3ncccc23)c(N)c1. The lowest BCUT2D eigenvalue weighted by molar-refractivity contribution is 0.102. The molecule has 0 unspecified atom stereocenters. The van der Waals surface area contributed by atoms with Crippen molar-refractivity contribution in [3.63, 3.8) is 0 Å². The summed E-state index contributed by atoms with van der Waals surface area (Å²) in [7, 11) is 0. The number of rotatable bonds is 2. The summed E-state index contributed by atoms with van der Waals surface area (Å²) in [5, 5.41) is 3.80. The Labute approximate surface area is 122 Å². The number of hydrogen-bond donors (Lipinski definition) is 2. The van der Waals surface area contributed by atoms with Gasteiger partial charge in [0.25, 0.3) is 5.91 Å². The number of nitrogens with one attached hydrogen (secondary N) is 1. The third-order valence-electron chi connectivity index (χ3n) is 3.35. The molecule has 0 fully saturated rings. The molecule has 0 bridgehead atoms. The van der Waals surface area contributed by atoms with E-state index >= 15 is 0 Å². The zero-order valence-electron chi connectivity index (χ0n) is 11.6. The van der Waals surface area contributed by atoms with Gasteiger partial charge < -0.3 is 11.1 Å². The molecule has 3 aromatic rings. The van der Waals surface area contributed by atoms with E-state index in [4.69, 9.17) is 5.73 Å². The minimum Gasteiger partial charge on any atom is -0.398 e. The molecule has 1 heterocycles. The fourth-order valence-electron chi connectivity index (χ4n) is 2.29. The highest BCUT2D eigenvalue weighted by atomic mass is 16.1. The van der Waals surface area contributed by atoms with Crippen molar-refractivity contribution in [3.8, 4) is 0 Å². The summed E-state index contributed by atoms with van der Waals surface area (Å²) in [4.78, 5) is 16.7. The van der Waals surface area contributed by atoms with Crippen LogP contribution in [0.2, 0.25) is 0 Å². The normalized spacial score (nSPS) is 10.5. The number of amides is 1. The zero-order valence-corrected chi connectivity index (χ0v) is 11.6. The van der Waals surface area contributed by atoms with Gasteiger partial charge in [0, 0.05) is 17.3 Å². The lowest BCUT2D eigenvalue weighted by atomic mass is 10.1. The number of nitrogens with two attached hydrogens (primary N) is 1. The van der Waals surface area contributed by atoms with E-state index in [1.165, 1.54) is 0 Å². The average molecular weight is 277 g/mol. The van der Waals surface area contributed by atoms with E-state index in [1.807, 2.05) is 43.3 Å². The Bertz CT molecular complexity index is 822. The Morgan fingerprint density at radius 2 is 2.00 bits per heavy atom. The predicted octanol–water partition coefficient (Wildman–Crippen LogP) is 3.38. The topological polar surface area (TPSA) is 68.0 Å². The molecule has 1 amide bonds. The third-order valence-corrected chi connectivity index (χ3v) is 3.35. The lowest BCUT2D eigenvalue weighted by Crippen LogP contribution is -2.14. The number of pyridine rings is 1. The minimum atomic E-state index is -0.219. The zero-order chi connectivity index (χ0) is 14.8. The van der Waals surface area contributed by atoms with Crippen molar-refractivity contribution in [2.24, 2.45) is 0 Å². The van der Waals surface area contributed by atoms with E-state index in [0.29, 0.717) is 11.3 Å². The smallest absolute Gasteiger partial charge is 0.257 e. The van der Waals surface area contributed by atoms with Crippen LogP contribution in [-0.4, -0.2) is 10.9 Å². The van der Waals surface area contributed by atoms with Crippen LogP contribution < -0.4 is 11.1 Å². The maximum absolute atomic E-state index is 12.4. The first-order valence-corrected chi connectivity index (χ1v) is 6.66. The van der Waals surface area contributed by atoms with Crippen LogP contribution in [0.25, 0.3) is 10.9 Å². The number of fused-ring (bicyclic) bond motifs is 1. The van der Waals surface area contributed by atoms with Gasteiger partial charge in [0.15, 0.2) is 0 Å². The number of nitrogen functional groups attached to an aromatic ring is 1. The fraction of sp³-hybridized carbons (Fsp3) is 0.0588. The summed E-state index contributed by atoms with van der Waals surface area (Å²) in [5.41, 5.74) is 9.46. The maximum Gasteiger partial charge on any atom is 0.257 e. The molecule has 21 heavy (non-hydrogen) atoms. The molecular weight excluding hydrogens is 262 g/mol. The lowest BCUT2D eigenvalue weighted by Gasteiger charge is -2.10. The molecule has 0 saturated heterocycles. The monoisotopic (exact) mass is 277 g/mol. The van der Waals surface area contributed by atoms with E-state index in [2.05, 4.69) is 10.3 Å². The summed E-state index contributed by atoms with van der Waals surface area (Å²) >= 11 is 0. The van der Waals surface area contributed by atoms with Gasteiger partial charge >= 0.3 is 0 Å². The molecule has 0 aliphatic heterocycles. The quantitative estimate of drug-likeness (QED) is 0.706. The van der Waals surface area contributed by atoms with Crippen molar-refractivity contribution in [2.45, 2.75) is 6.92 Å². The van der Waals surface area contributed by atoms with Gasteiger partial charge in [-0.15, -0.1) is 0 Å². The van der Waals surface area contributed by atoms with Crippen LogP contribution in [-0.2, 0) is 0 Å². The molecule has 1 aromatic heterocycles. The maximum atomic E-state index is 12.4. The third kappa shape index (κ3) is 2.56. The molecular formula is C17H15N3O. The predicted molar refractivity (Wildman–Crippen MR) is 85.3 cm³/mol. The van der Waals surface area contributed by atoms with Crippen molar-refractivity contribution >= 4 is 28.2 Å². The molecule has 4 nitrogen and oxygen atoms in total. The van der Waals surface area contributed by atoms with Gasteiger partial charge in [-0.05, 0) is 48.9 Å². The Morgan fingerprint density at radius 3 is 2.81 bits per heavy atom. The van der Waals surface area contributed by atoms with Gasteiger partial charge in [-0.2, -0.15) is 0 Å². The van der Waals surface area contributed by atoms with Gasteiger partial charge in [0.2, 0.25) is 0 Å². The summed E-state index contributed by atoms with van der Waals surface area (Å²) in [5.74, 6) is -0.219. The van der Waals surface area contributed by atoms with E-state index in [1.54, 1.807) is 18.3 Å². The van der Waals surface area contributed by atoms with Gasteiger partial charge in [0.1, 0.15) is 0 Å². The van der Waals surface area contributed by atoms with Crippen LogP contribution in [0.4, 0.5) is 11.4 Å². The summed E-state index contributed by atoms with van der Waals surface area (Å²) in [6, 6.07) is 14.8. The van der Waals surface area contributed by atoms with Crippen LogP contribution in [0.1, 0.15) is 15.9 Å². The average Bonchev–Trinajstić information content (AvgIpc) is 2.47. The van der Waals surface area contributed by atoms with Crippen molar-refractivity contribution in [2.75, 3.05) is 11.1 Å². The molecule has 3 N–H and O–H groups in total. The molecule has 0 atom stereocenters. The largest absolute Gasteiger partial charge is 0.398 e. The molecule has 0 spiro atoms. The Morgan fingerprint density at radius 1 is 1.14 bits per heavy atom. The number of aryl methyl sites for hydroxylation is 1. The highest BCUT2D eigenvalue weighted by molar-refractivity contribution is 6.11. The number of benzene rings is 2. The number of carbonyl (C=O) groups excluding carboxylic acids is 1. The second kappa shape index (κ2) is 5.25. The van der Waals surface area contributed by atoms with Crippen LogP contribution in [0.15, 0.2) is 54.7 Å². The Hall–Kier alpha value is -2.88. The van der Waals surface area contributed by atoms with Crippen molar-refractivity contribution in [3.05, 3.63) is 65.9 Å². The molecule has 0 saturated carbocycles. The van der Waals surface area contributed by atoms with E-state index < -0.39 is 0 Å². The Balaban J connectivity index is 1.97. The molecule has 0 aliphatic carbocycles. The highest BCUT2D eigenvalue weighted by Crippen LogP contribution is 2.23. The molecule has 0 radical (unpaired) electrons. The van der Waals surface area contributed by atoms with Crippen molar-refractivity contribution in [1.82, 2.24) is 4.98 Å². The van der Waals surface area contributed by atoms with Crippen molar-refractivity contribution < 1.29 is 4.79 Å². The number of aromatic nitrogens is 1. The number of hydrogen-bond acceptors (Lipinski definition) is 3. The summed E-state index contributed by atoms with van der Waals surface area (Å²) < 4.78 is 0. The number of nitrogens with zero attached hydrogens (tertiary/aromatic N) is 1. The highest BCUT2D eigenvalue weighted by Gasteiger charge is 2.11. The van der Waals surface area contributed by atoms with Gasteiger partial charge in [-0.1, -0.05) is 12.1 Å². The summed E-state index contributed by atoms with van der Waals surface area (Å²) in [6.45, 7) is 1.94. The first kappa shape index (κ1) is 13.1. The van der Waals surface area contributed by atoms with Gasteiger partial charge in [-0.3, -0.25) is 9.78 Å². The number of anilines is 2. The number of carbonyl (C=O) groups is 1. The van der Waals surface area contributed by atoms with Gasteiger partial charge in [0.05, 0.1) is 16.8 Å². The van der Waals surface area contributed by atoms with Crippen LogP contribution in [0.5, 0.6) is 0 Å². The van der Waals surface area contributed by atoms with Crippen LogP contribution in [0, 0.1) is 6.92 Å². The standard InChI is InChI=1S/C17H15N3O/c1-11-7-8-12(14(18)10-11)17(21)20-16-6-2-5-15-13(16)4-3-9-19-15/h2-10H,18H2,1H3,(H,20,21). The Kier molecular flexibility index (Phi) is 3.28. The molecule has 2 aromatic carbocycles. The molecule has 104 valence electrons. The second-order valence-corrected chi connectivity index (χ2v) is 4.92. The van der Waals surface area contributed by atoms with E-state index in [9.17, 15) is 4.79 Å². The van der Waals surface area contributed by atoms with Gasteiger partial charge in [-0.25, -0.2) is 0 Å². The second-order valence-electron chi connectivity index (χ2n) is 4.92. The molecule has 4 heteroatoms. The van der Waals surface area contributed by atoms with Crippen LogP contribution >= 0.6 is 0 Å². The van der Waals surface area contributed by atoms with Crippen molar-refractivity contribution in [1.29, 1.82) is 0 Å². The van der Waals surface area contributed by atoms with E-state index in [-0.39, 0.29) is 5.91 Å². The fourth-order valence-corrected chi connectivity index (χ4v) is 2.29. The molecule has 0 aliphatic rings. The first-order chi connectivity index (χ1) is 10.1. The minimum absolute atomic E-state index is 0.219. The first-order valence-electron chi connectivity index (χ1n) is 6.66. The molecule has 3 rings (SSSR count). The van der Waals surface area contributed by atoms with E-state index in [0.717, 1.165) is 22.2 Å². The van der Waals surface area contributed by atoms with Crippen LogP contribution in [0.3, 0.4) is 0 Å². The summed E-state index contributed by atoms with van der Waals surface area (Å²) in [6.07, 6.45) is 1.73.